The molecule has 1 aliphatic rings. The van der Waals surface area contributed by atoms with Gasteiger partial charge >= 0.3 is 5.97 Å². The second-order valence-electron chi connectivity index (χ2n) is 6.51. The molecule has 1 atom stereocenters. The second kappa shape index (κ2) is 7.66. The molecule has 0 fully saturated rings. The highest BCUT2D eigenvalue weighted by atomic mass is 16.5. The van der Waals surface area contributed by atoms with Gasteiger partial charge in [0.1, 0.15) is 18.1 Å². The first kappa shape index (κ1) is 18.1. The van der Waals surface area contributed by atoms with Crippen molar-refractivity contribution < 1.29 is 24.1 Å². The average Bonchev–Trinajstić information content (AvgIpc) is 2.60. The van der Waals surface area contributed by atoms with Gasteiger partial charge in [0.05, 0.1) is 13.5 Å². The Morgan fingerprint density at radius 3 is 2.73 bits per heavy atom. The number of methoxy groups -OCH3 is 1. The zero-order chi connectivity index (χ0) is 18.7. The van der Waals surface area contributed by atoms with E-state index in [9.17, 15) is 9.90 Å². The summed E-state index contributed by atoms with van der Waals surface area (Å²) in [5, 5.41) is 9.64. The van der Waals surface area contributed by atoms with Gasteiger partial charge in [-0.05, 0) is 37.9 Å². The predicted octanol–water partition coefficient (Wildman–Crippen LogP) is 2.78. The first-order chi connectivity index (χ1) is 12.5. The monoisotopic (exact) mass is 357 g/mol. The molecular formula is C20H23NO5. The van der Waals surface area contributed by atoms with Crippen molar-refractivity contribution in [2.45, 2.75) is 12.3 Å². The molecular weight excluding hydrogens is 334 g/mol. The van der Waals surface area contributed by atoms with Crippen LogP contribution in [0.3, 0.4) is 0 Å². The molecule has 0 saturated heterocycles. The zero-order valence-corrected chi connectivity index (χ0v) is 15.2. The zero-order valence-electron chi connectivity index (χ0n) is 15.2. The summed E-state index contributed by atoms with van der Waals surface area (Å²) in [7, 11) is 5.57. The number of aromatic hydroxyl groups is 1. The first-order valence-electron chi connectivity index (χ1n) is 8.47. The summed E-state index contributed by atoms with van der Waals surface area (Å²) >= 11 is 0. The van der Waals surface area contributed by atoms with Gasteiger partial charge in [0, 0.05) is 24.1 Å². The minimum atomic E-state index is -0.321. The number of rotatable bonds is 6. The minimum Gasteiger partial charge on any atom is -0.508 e. The van der Waals surface area contributed by atoms with Crippen LogP contribution < -0.4 is 14.2 Å². The molecule has 1 N–H and O–H groups in total. The first-order valence-corrected chi connectivity index (χ1v) is 8.47. The molecule has 0 radical (unpaired) electrons. The summed E-state index contributed by atoms with van der Waals surface area (Å²) in [4.78, 5) is 14.0. The van der Waals surface area contributed by atoms with Gasteiger partial charge in [-0.2, -0.15) is 0 Å². The number of hydrogen-bond donors (Lipinski definition) is 1. The van der Waals surface area contributed by atoms with Crippen molar-refractivity contribution in [3.05, 3.63) is 47.5 Å². The second-order valence-corrected chi connectivity index (χ2v) is 6.51. The molecule has 0 saturated carbocycles. The van der Waals surface area contributed by atoms with Gasteiger partial charge in [0.2, 0.25) is 0 Å². The van der Waals surface area contributed by atoms with Crippen LogP contribution in [0.2, 0.25) is 0 Å². The van der Waals surface area contributed by atoms with Crippen LogP contribution in [0.15, 0.2) is 36.4 Å². The maximum Gasteiger partial charge on any atom is 0.312 e. The van der Waals surface area contributed by atoms with Gasteiger partial charge in [0.25, 0.3) is 0 Å². The number of fused-ring (bicyclic) bond motifs is 1. The third-order valence-corrected chi connectivity index (χ3v) is 4.35. The maximum absolute atomic E-state index is 12.0. The number of phenolic OH excluding ortho intramolecular Hbond substituents is 1. The number of nitrogens with zero attached hydrogens (tertiary/aromatic N) is 1. The number of carbonyl (C=O) groups excluding carboxylic acids is 1. The van der Waals surface area contributed by atoms with E-state index in [1.165, 1.54) is 6.07 Å². The molecule has 2 aromatic rings. The third kappa shape index (κ3) is 3.91. The van der Waals surface area contributed by atoms with E-state index in [2.05, 4.69) is 0 Å². The van der Waals surface area contributed by atoms with Crippen LogP contribution in [-0.2, 0) is 4.79 Å². The minimum absolute atomic E-state index is 0.0689. The van der Waals surface area contributed by atoms with Crippen molar-refractivity contribution in [3.63, 3.8) is 0 Å². The fraction of sp³-hybridized carbons (Fsp3) is 0.350. The van der Waals surface area contributed by atoms with Gasteiger partial charge in [-0.15, -0.1) is 0 Å². The molecule has 0 spiro atoms. The van der Waals surface area contributed by atoms with Crippen molar-refractivity contribution >= 4 is 5.97 Å². The van der Waals surface area contributed by atoms with Crippen molar-refractivity contribution in [2.24, 2.45) is 0 Å². The summed E-state index contributed by atoms with van der Waals surface area (Å²) in [5.41, 5.74) is 1.80. The lowest BCUT2D eigenvalue weighted by molar-refractivity contribution is -0.135. The highest BCUT2D eigenvalue weighted by molar-refractivity contribution is 5.78. The molecule has 0 aliphatic carbocycles. The van der Waals surface area contributed by atoms with E-state index in [4.69, 9.17) is 14.2 Å². The Balaban J connectivity index is 1.89. The van der Waals surface area contributed by atoms with E-state index in [0.717, 1.165) is 17.7 Å². The number of ether oxygens (including phenoxy) is 3. The highest BCUT2D eigenvalue weighted by Gasteiger charge is 2.29. The Hall–Kier alpha value is -2.73. The van der Waals surface area contributed by atoms with E-state index in [-0.39, 0.29) is 24.1 Å². The summed E-state index contributed by atoms with van der Waals surface area (Å²) in [6, 6.07) is 10.5. The van der Waals surface area contributed by atoms with Crippen LogP contribution >= 0.6 is 0 Å². The number of likely N-dealkylation sites (N-methyl/N-ethyl adjacent to an activating group) is 1. The molecule has 138 valence electrons. The molecule has 26 heavy (non-hydrogen) atoms. The number of benzene rings is 2. The lowest BCUT2D eigenvalue weighted by atomic mass is 9.86. The fourth-order valence-corrected chi connectivity index (χ4v) is 3.00. The van der Waals surface area contributed by atoms with Gasteiger partial charge in [0.15, 0.2) is 11.5 Å². The number of phenols is 1. The van der Waals surface area contributed by atoms with Crippen LogP contribution in [0.1, 0.15) is 23.5 Å². The SMILES string of the molecule is COc1cc(C2CC(=O)Oc3cc(O)ccc32)ccc1OCCN(C)C. The van der Waals surface area contributed by atoms with Gasteiger partial charge in [-0.25, -0.2) is 0 Å². The predicted molar refractivity (Wildman–Crippen MR) is 97.2 cm³/mol. The Morgan fingerprint density at radius 2 is 2.00 bits per heavy atom. The van der Waals surface area contributed by atoms with E-state index >= 15 is 0 Å². The molecule has 1 aliphatic heterocycles. The van der Waals surface area contributed by atoms with Crippen LogP contribution in [-0.4, -0.2) is 50.3 Å². The van der Waals surface area contributed by atoms with Gasteiger partial charge < -0.3 is 24.2 Å². The molecule has 0 aromatic heterocycles. The number of esters is 1. The molecule has 3 rings (SSSR count). The summed E-state index contributed by atoms with van der Waals surface area (Å²) in [6.45, 7) is 1.36. The van der Waals surface area contributed by atoms with Crippen molar-refractivity contribution in [3.8, 4) is 23.0 Å². The molecule has 1 heterocycles. The molecule has 1 unspecified atom stereocenters. The Bertz CT molecular complexity index is 803. The maximum atomic E-state index is 12.0. The molecule has 2 aromatic carbocycles. The van der Waals surface area contributed by atoms with Gasteiger partial charge in [-0.3, -0.25) is 4.79 Å². The quantitative estimate of drug-likeness (QED) is 0.633. The number of hydrogen-bond acceptors (Lipinski definition) is 6. The normalized spacial score (nSPS) is 16.2. The topological polar surface area (TPSA) is 68.2 Å². The molecule has 0 bridgehead atoms. The van der Waals surface area contributed by atoms with Gasteiger partial charge in [-0.1, -0.05) is 12.1 Å². The van der Waals surface area contributed by atoms with Crippen LogP contribution in [0.25, 0.3) is 0 Å². The van der Waals surface area contributed by atoms with Crippen LogP contribution in [0.4, 0.5) is 0 Å². The summed E-state index contributed by atoms with van der Waals surface area (Å²) in [6.07, 6.45) is 0.238. The van der Waals surface area contributed by atoms with E-state index in [1.807, 2.05) is 37.2 Å². The smallest absolute Gasteiger partial charge is 0.312 e. The lowest BCUT2D eigenvalue weighted by Gasteiger charge is -2.25. The van der Waals surface area contributed by atoms with E-state index in [0.29, 0.717) is 23.9 Å². The van der Waals surface area contributed by atoms with Crippen LogP contribution in [0, 0.1) is 0 Å². The third-order valence-electron chi connectivity index (χ3n) is 4.35. The number of carbonyl (C=O) groups is 1. The summed E-state index contributed by atoms with van der Waals surface area (Å²) in [5.74, 6) is 1.29. The average molecular weight is 357 g/mol. The van der Waals surface area contributed by atoms with Crippen molar-refractivity contribution in [1.82, 2.24) is 4.90 Å². The van der Waals surface area contributed by atoms with E-state index < -0.39 is 0 Å². The Kier molecular flexibility index (Phi) is 5.32. The lowest BCUT2D eigenvalue weighted by Crippen LogP contribution is -2.21. The van der Waals surface area contributed by atoms with Crippen molar-refractivity contribution in [1.29, 1.82) is 0 Å². The highest BCUT2D eigenvalue weighted by Crippen LogP contribution is 2.42. The molecule has 6 heteroatoms. The largest absolute Gasteiger partial charge is 0.508 e. The standard InChI is InChI=1S/C20H23NO5/c1-21(2)8-9-25-17-7-4-13(10-19(17)24-3)16-12-20(23)26-18-11-14(22)5-6-15(16)18/h4-7,10-11,16,22H,8-9,12H2,1-3H3. The Morgan fingerprint density at radius 1 is 1.19 bits per heavy atom. The summed E-state index contributed by atoms with van der Waals surface area (Å²) < 4.78 is 16.5. The van der Waals surface area contributed by atoms with Crippen molar-refractivity contribution in [2.75, 3.05) is 34.4 Å². The molecule has 0 amide bonds. The Labute approximate surface area is 152 Å². The van der Waals surface area contributed by atoms with E-state index in [1.54, 1.807) is 19.2 Å². The van der Waals surface area contributed by atoms with Crippen LogP contribution in [0.5, 0.6) is 23.0 Å². The molecule has 6 nitrogen and oxygen atoms in total. The fourth-order valence-electron chi connectivity index (χ4n) is 3.00.